The maximum Gasteiger partial charge on any atom is 1.00 e. The topological polar surface area (TPSA) is 221 Å². The van der Waals surface area contributed by atoms with E-state index < -0.39 is 108 Å². The Kier molecular flexibility index (Phi) is 27.1. The summed E-state index contributed by atoms with van der Waals surface area (Å²) in [6, 6.07) is -0.510. The van der Waals surface area contributed by atoms with Crippen LogP contribution in [0.25, 0.3) is 0 Å². The van der Waals surface area contributed by atoms with E-state index in [-0.39, 0.29) is 64.6 Å². The molecule has 0 aromatic carbocycles. The molecular weight excluding hydrogens is 799 g/mol. The summed E-state index contributed by atoms with van der Waals surface area (Å²) in [5.74, 6) is -2.93. The third kappa shape index (κ3) is 16.7. The molecule has 17 heteroatoms. The summed E-state index contributed by atoms with van der Waals surface area (Å²) in [6.45, 7) is 24.7. The minimum Gasteiger partial charge on any atom is -0.459 e. The Bertz CT molecular complexity index is 1250. The van der Waals surface area contributed by atoms with Crippen LogP contribution >= 0.6 is 0 Å². The van der Waals surface area contributed by atoms with Crippen molar-refractivity contribution in [1.29, 1.82) is 0 Å². The number of rotatable bonds is 26. The quantitative estimate of drug-likeness (QED) is 0.0331. The van der Waals surface area contributed by atoms with Gasteiger partial charge in [-0.1, -0.05) is 27.7 Å². The second kappa shape index (κ2) is 27.4. The maximum absolute atomic E-state index is 14.2. The largest absolute Gasteiger partial charge is 1.00 e. The van der Waals surface area contributed by atoms with Gasteiger partial charge in [-0.25, -0.2) is 0 Å². The molecule has 2 unspecified atom stereocenters. The number of carbonyl (C=O) groups is 1. The van der Waals surface area contributed by atoms with E-state index in [1.807, 2.05) is 37.6 Å². The fourth-order valence-corrected chi connectivity index (χ4v) is 9.12. The fourth-order valence-electron chi connectivity index (χ4n) is 9.12. The van der Waals surface area contributed by atoms with Crippen LogP contribution in [0.4, 0.5) is 0 Å². The number of esters is 1. The Hall–Kier alpha value is -0.493. The van der Waals surface area contributed by atoms with E-state index in [0.29, 0.717) is 19.5 Å². The van der Waals surface area contributed by atoms with Gasteiger partial charge in [0, 0.05) is 45.1 Å². The molecule has 2 aliphatic rings. The predicted octanol–water partition coefficient (Wildman–Crippen LogP) is -0.485. The van der Waals surface area contributed by atoms with Crippen LogP contribution < -0.4 is 18.9 Å². The van der Waals surface area contributed by atoms with Crippen molar-refractivity contribution >= 4 is 5.97 Å². The van der Waals surface area contributed by atoms with Gasteiger partial charge in [0.25, 0.3) is 0 Å². The van der Waals surface area contributed by atoms with Crippen molar-refractivity contribution in [3.63, 3.8) is 0 Å². The molecule has 364 valence electrons. The maximum atomic E-state index is 14.2. The number of aliphatic hydroxyl groups is 7. The first-order valence-electron chi connectivity index (χ1n) is 22.0. The molecule has 16 nitrogen and oxygen atoms in total. The molecule has 0 spiro atoms. The SMILES string of the molecule is [CH2-][C@H](C)C[C@@](C)(O)[C@H](O[C@@H]1O[C@H](C)CC(N(C)CC(O)CN(CCC)CCO)[C@H]1O)[C@@H](C)[C@H](O[C@H]1C[C@@](C)(OC)[C@@H](O)[C@H](C)O1)[C@@H](C)C(=O)O[C@H](CC)[C@@](C)(O)[C@H](O)[CH-]C.[CH3-].[Li+]. The Labute approximate surface area is 386 Å². The molecule has 62 heavy (non-hydrogen) atoms. The average molecular weight is 887 g/mol. The number of ether oxygens (including phenoxy) is 6. The summed E-state index contributed by atoms with van der Waals surface area (Å²) >= 11 is 0. The molecular formula is C45H87LiN2O14-2. The van der Waals surface area contributed by atoms with Crippen LogP contribution in [0.15, 0.2) is 0 Å². The molecule has 0 aromatic rings. The minimum absolute atomic E-state index is 0. The fraction of sp³-hybridized carbons (Fsp3) is 0.911. The molecule has 2 saturated heterocycles. The summed E-state index contributed by atoms with van der Waals surface area (Å²) < 4.78 is 37.5. The van der Waals surface area contributed by atoms with E-state index >= 15 is 0 Å². The van der Waals surface area contributed by atoms with Gasteiger partial charge in [-0.3, -0.25) is 14.6 Å². The van der Waals surface area contributed by atoms with Crippen LogP contribution in [0, 0.1) is 38.5 Å². The molecule has 0 aliphatic carbocycles. The summed E-state index contributed by atoms with van der Waals surface area (Å²) in [5.41, 5.74) is -4.50. The van der Waals surface area contributed by atoms with Crippen molar-refractivity contribution < 1.29 is 87.8 Å². The number of methoxy groups -OCH3 is 1. The van der Waals surface area contributed by atoms with Crippen molar-refractivity contribution in [2.24, 2.45) is 17.8 Å². The normalized spacial score (nSPS) is 31.6. The van der Waals surface area contributed by atoms with E-state index in [1.165, 1.54) is 20.5 Å². The van der Waals surface area contributed by atoms with Crippen molar-refractivity contribution in [3.8, 4) is 0 Å². The molecule has 2 fully saturated rings. The number of aliphatic hydroxyl groups excluding tert-OH is 5. The smallest absolute Gasteiger partial charge is 0.459 e. The standard InChI is InChI=1S/C44H84N2O14.CH3.Li/c1-15-18-46(19-20-47)25-31(48)24-45(13)32-21-27(6)56-41(36(32)50)60-39(42(10,53)22-26(4)5)28(7)37(59-35-23-43(11,55-14)38(51)30(9)57-35)29(8)40(52)58-34(17-3)44(12,54)33(49)16-2;;/h16,26-39,41,47-51,53-54H,4,15,17-25H2,1-3,5-14H3;1H3;/q-2;-1;+1/t26-,27-,28+,29-,30+,31?,32?,33-,34-,35+,36-,37+,38+,39-,41+,42-,43-,44+;;/m1../s1. The first kappa shape index (κ1) is 61.5. The van der Waals surface area contributed by atoms with E-state index in [9.17, 15) is 40.5 Å². The van der Waals surface area contributed by atoms with Crippen molar-refractivity contribution in [2.45, 2.75) is 199 Å². The van der Waals surface area contributed by atoms with Gasteiger partial charge >= 0.3 is 24.8 Å². The molecule has 0 saturated carbocycles. The van der Waals surface area contributed by atoms with Gasteiger partial charge in [0.05, 0.1) is 59.8 Å². The summed E-state index contributed by atoms with van der Waals surface area (Å²) in [4.78, 5) is 18.1. The minimum atomic E-state index is -1.81. The molecule has 0 amide bonds. The Morgan fingerprint density at radius 1 is 1.05 bits per heavy atom. The first-order valence-corrected chi connectivity index (χ1v) is 22.0. The van der Waals surface area contributed by atoms with Crippen LogP contribution in [0.3, 0.4) is 0 Å². The van der Waals surface area contributed by atoms with Crippen molar-refractivity contribution in [1.82, 2.24) is 9.80 Å². The van der Waals surface area contributed by atoms with Crippen LogP contribution in [-0.4, -0.2) is 189 Å². The van der Waals surface area contributed by atoms with E-state index in [4.69, 9.17) is 28.4 Å². The molecule has 7 N–H and O–H groups in total. The van der Waals surface area contributed by atoms with Gasteiger partial charge in [-0.2, -0.15) is 12.8 Å². The number of hydrogen-bond donors (Lipinski definition) is 7. The first-order chi connectivity index (χ1) is 27.8. The van der Waals surface area contributed by atoms with E-state index in [1.54, 1.807) is 48.5 Å². The zero-order valence-corrected chi connectivity index (χ0v) is 40.9. The molecule has 2 aliphatic heterocycles. The second-order valence-electron chi connectivity index (χ2n) is 18.5. The zero-order chi connectivity index (χ0) is 45.9. The summed E-state index contributed by atoms with van der Waals surface area (Å²) in [7, 11) is 3.30. The van der Waals surface area contributed by atoms with Gasteiger partial charge in [-0.15, -0.1) is 0 Å². The monoisotopic (exact) mass is 887 g/mol. The third-order valence-electron chi connectivity index (χ3n) is 12.6. The van der Waals surface area contributed by atoms with Crippen molar-refractivity contribution in [3.05, 3.63) is 20.8 Å². The number of likely N-dealkylation sites (N-methyl/N-ethyl adjacent to an activating group) is 1. The molecule has 0 bridgehead atoms. The van der Waals surface area contributed by atoms with Crippen LogP contribution in [0.2, 0.25) is 0 Å². The number of nitrogens with zero attached hydrogens (tertiary/aromatic N) is 2. The van der Waals surface area contributed by atoms with E-state index in [0.717, 1.165) is 13.0 Å². The van der Waals surface area contributed by atoms with Crippen LogP contribution in [0.1, 0.15) is 108 Å². The average Bonchev–Trinajstić information content (AvgIpc) is 3.16. The van der Waals surface area contributed by atoms with Gasteiger partial charge in [0.1, 0.15) is 18.3 Å². The second-order valence-corrected chi connectivity index (χ2v) is 18.5. The molecule has 0 radical (unpaired) electrons. The van der Waals surface area contributed by atoms with Gasteiger partial charge < -0.3 is 84.9 Å². The van der Waals surface area contributed by atoms with Crippen LogP contribution in [-0.2, 0) is 33.2 Å². The van der Waals surface area contributed by atoms with Gasteiger partial charge in [0.15, 0.2) is 12.6 Å². The van der Waals surface area contributed by atoms with E-state index in [2.05, 4.69) is 6.92 Å². The Morgan fingerprint density at radius 3 is 2.18 bits per heavy atom. The van der Waals surface area contributed by atoms with Crippen molar-refractivity contribution in [2.75, 3.05) is 46.9 Å². The molecule has 2 heterocycles. The number of hydrogen-bond acceptors (Lipinski definition) is 16. The van der Waals surface area contributed by atoms with Gasteiger partial charge in [-0.05, 0) is 86.9 Å². The summed E-state index contributed by atoms with van der Waals surface area (Å²) in [6.07, 6.45) is -7.87. The summed E-state index contributed by atoms with van der Waals surface area (Å²) in [5, 5.41) is 77.7. The molecule has 0 aromatic heterocycles. The van der Waals surface area contributed by atoms with Gasteiger partial charge in [0.2, 0.25) is 0 Å². The molecule has 2 rings (SSSR count). The third-order valence-corrected chi connectivity index (χ3v) is 12.6. The molecule has 18 atom stereocenters. The number of carbonyl (C=O) groups excluding carboxylic acids is 1. The van der Waals surface area contributed by atoms with Crippen LogP contribution in [0.5, 0.6) is 0 Å². The zero-order valence-electron chi connectivity index (χ0n) is 40.9. The predicted molar refractivity (Wildman–Crippen MR) is 233 cm³/mol. The Morgan fingerprint density at radius 2 is 1.66 bits per heavy atom. The Balaban J connectivity index is 0.0000186.